The van der Waals surface area contributed by atoms with Gasteiger partial charge in [-0.25, -0.2) is 4.98 Å². The first kappa shape index (κ1) is 21.3. The maximum Gasteiger partial charge on any atom is 0.257 e. The standard InChI is InChI=1S/C24H21N5O2S/c1-16-4-3-5-20(21(16)28-22(30)17-10-12-25-13-11-17)23(31)27-18-6-8-19(9-7-18)32-24-26-14-15-29(24)2/h3-15H,1-2H3,(H,27,31)(H,28,30). The van der Waals surface area contributed by atoms with Crippen molar-refractivity contribution >= 4 is 35.0 Å². The number of aromatic nitrogens is 3. The minimum Gasteiger partial charge on any atom is -0.329 e. The van der Waals surface area contributed by atoms with E-state index in [0.717, 1.165) is 15.6 Å². The maximum absolute atomic E-state index is 13.0. The number of nitrogens with zero attached hydrogens (tertiary/aromatic N) is 3. The molecule has 0 saturated heterocycles. The van der Waals surface area contributed by atoms with Crippen LogP contribution in [0.5, 0.6) is 0 Å². The van der Waals surface area contributed by atoms with Crippen molar-refractivity contribution in [3.05, 3.63) is 96.1 Å². The van der Waals surface area contributed by atoms with E-state index in [-0.39, 0.29) is 11.8 Å². The molecule has 0 aliphatic heterocycles. The van der Waals surface area contributed by atoms with Crippen LogP contribution in [-0.2, 0) is 7.05 Å². The number of pyridine rings is 1. The Labute approximate surface area is 189 Å². The van der Waals surface area contributed by atoms with Gasteiger partial charge in [0, 0.05) is 48.0 Å². The summed E-state index contributed by atoms with van der Waals surface area (Å²) in [5, 5.41) is 6.65. The quantitative estimate of drug-likeness (QED) is 0.448. The first-order valence-corrected chi connectivity index (χ1v) is 10.7. The molecule has 0 aliphatic carbocycles. The van der Waals surface area contributed by atoms with E-state index in [1.807, 2.05) is 55.1 Å². The molecule has 7 nitrogen and oxygen atoms in total. The number of imidazole rings is 1. The summed E-state index contributed by atoms with van der Waals surface area (Å²) in [5.74, 6) is -0.602. The highest BCUT2D eigenvalue weighted by Gasteiger charge is 2.16. The van der Waals surface area contributed by atoms with Crippen LogP contribution in [0.4, 0.5) is 11.4 Å². The summed E-state index contributed by atoms with van der Waals surface area (Å²) < 4.78 is 1.94. The fraction of sp³-hybridized carbons (Fsp3) is 0.0833. The Hall–Kier alpha value is -3.91. The first-order chi connectivity index (χ1) is 15.5. The van der Waals surface area contributed by atoms with Crippen LogP contribution < -0.4 is 10.6 Å². The summed E-state index contributed by atoms with van der Waals surface area (Å²) in [4.78, 5) is 34.9. The highest BCUT2D eigenvalue weighted by molar-refractivity contribution is 7.99. The second kappa shape index (κ2) is 9.49. The molecule has 0 spiro atoms. The third-order valence-corrected chi connectivity index (χ3v) is 5.88. The number of para-hydroxylation sites is 1. The Bertz CT molecular complexity index is 1250. The smallest absolute Gasteiger partial charge is 0.257 e. The van der Waals surface area contributed by atoms with Gasteiger partial charge in [0.25, 0.3) is 11.8 Å². The van der Waals surface area contributed by atoms with Crippen LogP contribution in [0, 0.1) is 6.92 Å². The predicted molar refractivity (Wildman–Crippen MR) is 125 cm³/mol. The highest BCUT2D eigenvalue weighted by Crippen LogP contribution is 2.27. The van der Waals surface area contributed by atoms with Crippen molar-refractivity contribution in [3.8, 4) is 0 Å². The number of benzene rings is 2. The molecule has 0 bridgehead atoms. The maximum atomic E-state index is 13.0. The van der Waals surface area contributed by atoms with Crippen molar-refractivity contribution in [2.24, 2.45) is 7.05 Å². The molecule has 160 valence electrons. The van der Waals surface area contributed by atoms with Gasteiger partial charge >= 0.3 is 0 Å². The summed E-state index contributed by atoms with van der Waals surface area (Å²) in [5.41, 5.74) is 2.79. The van der Waals surface area contributed by atoms with Gasteiger partial charge in [-0.2, -0.15) is 0 Å². The second-order valence-corrected chi connectivity index (χ2v) is 8.13. The SMILES string of the molecule is Cc1cccc(C(=O)Nc2ccc(Sc3nccn3C)cc2)c1NC(=O)c1ccncc1. The largest absolute Gasteiger partial charge is 0.329 e. The van der Waals surface area contributed by atoms with Gasteiger partial charge in [-0.1, -0.05) is 23.9 Å². The molecule has 32 heavy (non-hydrogen) atoms. The van der Waals surface area contributed by atoms with Gasteiger partial charge in [0.2, 0.25) is 0 Å². The van der Waals surface area contributed by atoms with E-state index >= 15 is 0 Å². The normalized spacial score (nSPS) is 10.6. The predicted octanol–water partition coefficient (Wildman–Crippen LogP) is 4.78. The lowest BCUT2D eigenvalue weighted by molar-refractivity contribution is 0.102. The molecular formula is C24H21N5O2S. The van der Waals surface area contributed by atoms with Crippen molar-refractivity contribution in [1.29, 1.82) is 0 Å². The summed E-state index contributed by atoms with van der Waals surface area (Å²) >= 11 is 1.54. The summed E-state index contributed by atoms with van der Waals surface area (Å²) in [6, 6.07) is 16.1. The molecule has 8 heteroatoms. The molecule has 0 atom stereocenters. The van der Waals surface area contributed by atoms with Crippen molar-refractivity contribution in [2.45, 2.75) is 17.0 Å². The van der Waals surface area contributed by atoms with Crippen molar-refractivity contribution in [1.82, 2.24) is 14.5 Å². The molecule has 0 aliphatic rings. The van der Waals surface area contributed by atoms with E-state index in [1.165, 1.54) is 0 Å². The van der Waals surface area contributed by atoms with Gasteiger partial charge in [-0.3, -0.25) is 14.6 Å². The van der Waals surface area contributed by atoms with E-state index in [9.17, 15) is 9.59 Å². The fourth-order valence-corrected chi connectivity index (χ4v) is 3.87. The minimum atomic E-state index is -0.303. The molecule has 2 aromatic heterocycles. The van der Waals surface area contributed by atoms with E-state index < -0.39 is 0 Å². The fourth-order valence-electron chi connectivity index (χ4n) is 3.07. The minimum absolute atomic E-state index is 0.300. The lowest BCUT2D eigenvalue weighted by Crippen LogP contribution is -2.19. The number of aryl methyl sites for hydroxylation is 2. The third kappa shape index (κ3) is 4.87. The molecule has 4 aromatic rings. The lowest BCUT2D eigenvalue weighted by atomic mass is 10.1. The highest BCUT2D eigenvalue weighted by atomic mass is 32.2. The van der Waals surface area contributed by atoms with Crippen molar-refractivity contribution < 1.29 is 9.59 Å². The Balaban J connectivity index is 1.49. The number of nitrogens with one attached hydrogen (secondary N) is 2. The average Bonchev–Trinajstić information content (AvgIpc) is 3.21. The number of hydrogen-bond acceptors (Lipinski definition) is 5. The van der Waals surface area contributed by atoms with E-state index in [4.69, 9.17) is 0 Å². The monoisotopic (exact) mass is 443 g/mol. The second-order valence-electron chi connectivity index (χ2n) is 7.09. The topological polar surface area (TPSA) is 88.9 Å². The number of carbonyl (C=O) groups excluding carboxylic acids is 2. The molecule has 0 fully saturated rings. The van der Waals surface area contributed by atoms with Crippen LogP contribution in [0.25, 0.3) is 0 Å². The molecule has 0 saturated carbocycles. The Kier molecular flexibility index (Phi) is 6.32. The zero-order chi connectivity index (χ0) is 22.5. The summed E-state index contributed by atoms with van der Waals surface area (Å²) in [6.45, 7) is 1.85. The Morgan fingerprint density at radius 3 is 2.34 bits per heavy atom. The van der Waals surface area contributed by atoms with Gasteiger partial charge < -0.3 is 15.2 Å². The molecule has 2 amide bonds. The molecule has 4 rings (SSSR count). The molecule has 2 N–H and O–H groups in total. The van der Waals surface area contributed by atoms with E-state index in [1.54, 1.807) is 54.6 Å². The number of carbonyl (C=O) groups is 2. The van der Waals surface area contributed by atoms with Gasteiger partial charge in [0.1, 0.15) is 0 Å². The third-order valence-electron chi connectivity index (χ3n) is 4.80. The number of anilines is 2. The number of hydrogen-bond donors (Lipinski definition) is 2. The molecule has 0 radical (unpaired) electrons. The summed E-state index contributed by atoms with van der Waals surface area (Å²) in [7, 11) is 1.94. The zero-order valence-corrected chi connectivity index (χ0v) is 18.4. The van der Waals surface area contributed by atoms with Crippen molar-refractivity contribution in [2.75, 3.05) is 10.6 Å². The van der Waals surface area contributed by atoms with Crippen LogP contribution in [0.2, 0.25) is 0 Å². The van der Waals surface area contributed by atoms with Crippen LogP contribution >= 0.6 is 11.8 Å². The molecule has 2 heterocycles. The molecular weight excluding hydrogens is 422 g/mol. The Morgan fingerprint density at radius 2 is 1.66 bits per heavy atom. The van der Waals surface area contributed by atoms with Crippen LogP contribution in [0.15, 0.2) is 89.4 Å². The molecule has 2 aromatic carbocycles. The van der Waals surface area contributed by atoms with Crippen LogP contribution in [0.1, 0.15) is 26.3 Å². The average molecular weight is 444 g/mol. The van der Waals surface area contributed by atoms with Gasteiger partial charge in [0.15, 0.2) is 5.16 Å². The number of amides is 2. The van der Waals surface area contributed by atoms with Gasteiger partial charge in [0.05, 0.1) is 11.3 Å². The van der Waals surface area contributed by atoms with Gasteiger partial charge in [-0.05, 0) is 55.0 Å². The van der Waals surface area contributed by atoms with Crippen LogP contribution in [-0.4, -0.2) is 26.3 Å². The Morgan fingerprint density at radius 1 is 0.906 bits per heavy atom. The van der Waals surface area contributed by atoms with Crippen molar-refractivity contribution in [3.63, 3.8) is 0 Å². The first-order valence-electron chi connectivity index (χ1n) is 9.89. The van der Waals surface area contributed by atoms with E-state index in [0.29, 0.717) is 22.5 Å². The zero-order valence-electron chi connectivity index (χ0n) is 17.6. The van der Waals surface area contributed by atoms with Crippen LogP contribution in [0.3, 0.4) is 0 Å². The van der Waals surface area contributed by atoms with Gasteiger partial charge in [-0.15, -0.1) is 0 Å². The van der Waals surface area contributed by atoms with E-state index in [2.05, 4.69) is 20.6 Å². The number of rotatable bonds is 6. The lowest BCUT2D eigenvalue weighted by Gasteiger charge is -2.14. The molecule has 0 unspecified atom stereocenters. The summed E-state index contributed by atoms with van der Waals surface area (Å²) in [6.07, 6.45) is 6.75.